The van der Waals surface area contributed by atoms with Crippen LogP contribution in [0.2, 0.25) is 0 Å². The molecule has 15 heavy (non-hydrogen) atoms. The maximum atomic E-state index is 10.5. The summed E-state index contributed by atoms with van der Waals surface area (Å²) in [4.78, 5) is 11.9. The first-order valence-corrected chi connectivity index (χ1v) is 6.05. The van der Waals surface area contributed by atoms with E-state index in [0.29, 0.717) is 0 Å². The molecule has 0 unspecified atom stereocenters. The van der Waals surface area contributed by atoms with E-state index < -0.39 is 12.1 Å². The Morgan fingerprint density at radius 1 is 1.47 bits per heavy atom. The SMILES string of the molecule is O=C(O)C[C@@H](O)c1csc2c1CCCC2. The van der Waals surface area contributed by atoms with E-state index in [-0.39, 0.29) is 6.42 Å². The van der Waals surface area contributed by atoms with Crippen LogP contribution < -0.4 is 0 Å². The largest absolute Gasteiger partial charge is 0.481 e. The Morgan fingerprint density at radius 2 is 2.20 bits per heavy atom. The molecule has 0 aromatic carbocycles. The number of aliphatic hydroxyl groups is 1. The van der Waals surface area contributed by atoms with Crippen molar-refractivity contribution in [1.82, 2.24) is 0 Å². The zero-order chi connectivity index (χ0) is 10.8. The second-order valence-corrected chi connectivity index (χ2v) is 4.88. The van der Waals surface area contributed by atoms with E-state index in [9.17, 15) is 9.90 Å². The molecule has 1 aromatic rings. The molecule has 1 aliphatic rings. The fourth-order valence-electron chi connectivity index (χ4n) is 2.07. The van der Waals surface area contributed by atoms with Crippen molar-refractivity contribution in [3.63, 3.8) is 0 Å². The molecule has 3 nitrogen and oxygen atoms in total. The third kappa shape index (κ3) is 2.21. The highest BCUT2D eigenvalue weighted by Gasteiger charge is 2.21. The van der Waals surface area contributed by atoms with Crippen molar-refractivity contribution in [1.29, 1.82) is 0 Å². The van der Waals surface area contributed by atoms with E-state index in [1.165, 1.54) is 16.9 Å². The summed E-state index contributed by atoms with van der Waals surface area (Å²) in [5, 5.41) is 20.3. The van der Waals surface area contributed by atoms with Crippen molar-refractivity contribution >= 4 is 17.3 Å². The van der Waals surface area contributed by atoms with E-state index in [0.717, 1.165) is 24.8 Å². The van der Waals surface area contributed by atoms with Gasteiger partial charge in [0.2, 0.25) is 0 Å². The Hall–Kier alpha value is -0.870. The molecule has 0 bridgehead atoms. The van der Waals surface area contributed by atoms with Gasteiger partial charge in [-0.2, -0.15) is 0 Å². The zero-order valence-corrected chi connectivity index (χ0v) is 9.22. The van der Waals surface area contributed by atoms with Gasteiger partial charge < -0.3 is 10.2 Å². The van der Waals surface area contributed by atoms with Crippen LogP contribution in [0.5, 0.6) is 0 Å². The fraction of sp³-hybridized carbons (Fsp3) is 0.545. The molecular weight excluding hydrogens is 212 g/mol. The van der Waals surface area contributed by atoms with Gasteiger partial charge in [0.05, 0.1) is 12.5 Å². The summed E-state index contributed by atoms with van der Waals surface area (Å²) in [5.74, 6) is -0.946. The number of hydrogen-bond acceptors (Lipinski definition) is 3. The average molecular weight is 226 g/mol. The molecule has 0 aliphatic heterocycles. The molecule has 0 spiro atoms. The van der Waals surface area contributed by atoms with Crippen molar-refractivity contribution in [2.75, 3.05) is 0 Å². The third-order valence-electron chi connectivity index (χ3n) is 2.82. The summed E-state index contributed by atoms with van der Waals surface area (Å²) in [7, 11) is 0. The molecular formula is C11H14O3S. The average Bonchev–Trinajstić information content (AvgIpc) is 2.59. The van der Waals surface area contributed by atoms with Crippen LogP contribution in [0, 0.1) is 0 Å². The monoisotopic (exact) mass is 226 g/mol. The molecule has 1 aliphatic carbocycles. The smallest absolute Gasteiger partial charge is 0.306 e. The molecule has 0 saturated carbocycles. The molecule has 1 heterocycles. The molecule has 1 aromatic heterocycles. The van der Waals surface area contributed by atoms with Crippen molar-refractivity contribution < 1.29 is 15.0 Å². The Labute approximate surface area is 92.4 Å². The van der Waals surface area contributed by atoms with Gasteiger partial charge in [-0.15, -0.1) is 11.3 Å². The zero-order valence-electron chi connectivity index (χ0n) is 8.40. The van der Waals surface area contributed by atoms with Gasteiger partial charge in [-0.05, 0) is 42.2 Å². The van der Waals surface area contributed by atoms with E-state index in [2.05, 4.69) is 0 Å². The number of hydrogen-bond donors (Lipinski definition) is 2. The van der Waals surface area contributed by atoms with Gasteiger partial charge in [0.1, 0.15) is 0 Å². The van der Waals surface area contributed by atoms with Gasteiger partial charge >= 0.3 is 5.97 Å². The lowest BCUT2D eigenvalue weighted by atomic mass is 9.93. The molecule has 4 heteroatoms. The first-order valence-electron chi connectivity index (χ1n) is 5.17. The molecule has 2 N–H and O–H groups in total. The van der Waals surface area contributed by atoms with Crippen molar-refractivity contribution in [2.45, 2.75) is 38.2 Å². The molecule has 82 valence electrons. The quantitative estimate of drug-likeness (QED) is 0.830. The third-order valence-corrected chi connectivity index (χ3v) is 3.93. The number of rotatable bonds is 3. The number of thiophene rings is 1. The summed E-state index contributed by atoms with van der Waals surface area (Å²) in [5.41, 5.74) is 2.05. The van der Waals surface area contributed by atoms with Crippen LogP contribution in [0.1, 0.15) is 41.4 Å². The molecule has 2 rings (SSSR count). The Morgan fingerprint density at radius 3 is 2.93 bits per heavy atom. The number of aryl methyl sites for hydroxylation is 1. The fourth-order valence-corrected chi connectivity index (χ4v) is 3.27. The highest BCUT2D eigenvalue weighted by molar-refractivity contribution is 7.10. The Kier molecular flexibility index (Phi) is 3.07. The second-order valence-electron chi connectivity index (χ2n) is 3.91. The van der Waals surface area contributed by atoms with Crippen LogP contribution in [-0.4, -0.2) is 16.2 Å². The van der Waals surface area contributed by atoms with Crippen LogP contribution in [0.25, 0.3) is 0 Å². The first-order chi connectivity index (χ1) is 7.18. The second kappa shape index (κ2) is 4.33. The van der Waals surface area contributed by atoms with Crippen LogP contribution >= 0.6 is 11.3 Å². The lowest BCUT2D eigenvalue weighted by Crippen LogP contribution is -2.08. The number of carboxylic acids is 1. The summed E-state index contributed by atoms with van der Waals surface area (Å²) in [6, 6.07) is 0. The van der Waals surface area contributed by atoms with Crippen LogP contribution in [0.15, 0.2) is 5.38 Å². The number of carbonyl (C=O) groups is 1. The number of carboxylic acid groups (broad SMARTS) is 1. The predicted octanol–water partition coefficient (Wildman–Crippen LogP) is 2.13. The number of aliphatic hydroxyl groups excluding tert-OH is 1. The molecule has 0 amide bonds. The summed E-state index contributed by atoms with van der Waals surface area (Å²) in [6.45, 7) is 0. The summed E-state index contributed by atoms with van der Waals surface area (Å²) < 4.78 is 0. The highest BCUT2D eigenvalue weighted by atomic mass is 32.1. The van der Waals surface area contributed by atoms with Crippen LogP contribution in [0.3, 0.4) is 0 Å². The predicted molar refractivity (Wildman–Crippen MR) is 58.2 cm³/mol. The minimum absolute atomic E-state index is 0.191. The van der Waals surface area contributed by atoms with Gasteiger partial charge in [0.15, 0.2) is 0 Å². The van der Waals surface area contributed by atoms with Gasteiger partial charge in [-0.1, -0.05) is 0 Å². The normalized spacial score (nSPS) is 17.1. The minimum Gasteiger partial charge on any atom is -0.481 e. The van der Waals surface area contributed by atoms with E-state index in [1.54, 1.807) is 11.3 Å². The van der Waals surface area contributed by atoms with E-state index in [4.69, 9.17) is 5.11 Å². The maximum absolute atomic E-state index is 10.5. The van der Waals surface area contributed by atoms with Crippen molar-refractivity contribution in [3.8, 4) is 0 Å². The summed E-state index contributed by atoms with van der Waals surface area (Å²) in [6.07, 6.45) is 3.41. The van der Waals surface area contributed by atoms with Gasteiger partial charge in [-0.3, -0.25) is 4.79 Å². The van der Waals surface area contributed by atoms with Gasteiger partial charge in [0, 0.05) is 4.88 Å². The van der Waals surface area contributed by atoms with Crippen molar-refractivity contribution in [2.24, 2.45) is 0 Å². The lowest BCUT2D eigenvalue weighted by molar-refractivity contribution is -0.139. The lowest BCUT2D eigenvalue weighted by Gasteiger charge is -2.15. The number of aliphatic carboxylic acids is 1. The first kappa shape index (κ1) is 10.6. The number of fused-ring (bicyclic) bond motifs is 1. The van der Waals surface area contributed by atoms with Gasteiger partial charge in [-0.25, -0.2) is 0 Å². The van der Waals surface area contributed by atoms with E-state index >= 15 is 0 Å². The Balaban J connectivity index is 2.20. The molecule has 0 saturated heterocycles. The Bertz CT molecular complexity index is 370. The minimum atomic E-state index is -0.946. The molecule has 0 radical (unpaired) electrons. The van der Waals surface area contributed by atoms with Crippen LogP contribution in [0.4, 0.5) is 0 Å². The topological polar surface area (TPSA) is 57.5 Å². The van der Waals surface area contributed by atoms with Crippen LogP contribution in [-0.2, 0) is 17.6 Å². The summed E-state index contributed by atoms with van der Waals surface area (Å²) >= 11 is 1.65. The van der Waals surface area contributed by atoms with Gasteiger partial charge in [0.25, 0.3) is 0 Å². The molecule has 1 atom stereocenters. The molecule has 0 fully saturated rings. The maximum Gasteiger partial charge on any atom is 0.306 e. The van der Waals surface area contributed by atoms with E-state index in [1.807, 2.05) is 5.38 Å². The standard InChI is InChI=1S/C11H14O3S/c12-9(5-11(13)14)8-6-15-10-4-2-1-3-7(8)10/h6,9,12H,1-5H2,(H,13,14)/t9-/m1/s1. The highest BCUT2D eigenvalue weighted by Crippen LogP contribution is 2.34. The van der Waals surface area contributed by atoms with Crippen molar-refractivity contribution in [3.05, 3.63) is 21.4 Å².